The highest BCUT2D eigenvalue weighted by molar-refractivity contribution is 5.20. The van der Waals surface area contributed by atoms with Gasteiger partial charge in [0.2, 0.25) is 0 Å². The average molecular weight is 272 g/mol. The van der Waals surface area contributed by atoms with Gasteiger partial charge in [0.15, 0.2) is 0 Å². The summed E-state index contributed by atoms with van der Waals surface area (Å²) in [4.78, 5) is 2.67. The lowest BCUT2D eigenvalue weighted by atomic mass is 9.80. The Morgan fingerprint density at radius 1 is 1.00 bits per heavy atom. The summed E-state index contributed by atoms with van der Waals surface area (Å²) in [5.74, 6) is 1.48. The summed E-state index contributed by atoms with van der Waals surface area (Å²) in [5.41, 5.74) is 7.79. The van der Waals surface area contributed by atoms with Crippen molar-refractivity contribution in [3.05, 3.63) is 35.9 Å². The van der Waals surface area contributed by atoms with Crippen molar-refractivity contribution < 1.29 is 0 Å². The Morgan fingerprint density at radius 3 is 2.35 bits per heavy atom. The molecule has 0 amide bonds. The van der Waals surface area contributed by atoms with Crippen LogP contribution in [0.25, 0.3) is 0 Å². The van der Waals surface area contributed by atoms with Crippen molar-refractivity contribution in [1.82, 2.24) is 4.90 Å². The van der Waals surface area contributed by atoms with Gasteiger partial charge in [-0.05, 0) is 56.0 Å². The Kier molecular flexibility index (Phi) is 4.42. The van der Waals surface area contributed by atoms with Crippen molar-refractivity contribution in [2.45, 2.75) is 57.0 Å². The Labute approximate surface area is 123 Å². The number of nitrogens with zero attached hydrogens (tertiary/aromatic N) is 1. The quantitative estimate of drug-likeness (QED) is 0.894. The fraction of sp³-hybridized carbons (Fsp3) is 0.667. The molecule has 0 bridgehead atoms. The predicted octanol–water partition coefficient (Wildman–Crippen LogP) is 3.38. The topological polar surface area (TPSA) is 29.3 Å². The molecular weight excluding hydrogens is 244 g/mol. The normalized spacial score (nSPS) is 35.9. The van der Waals surface area contributed by atoms with Gasteiger partial charge < -0.3 is 5.73 Å². The molecular formula is C18H28N2. The van der Waals surface area contributed by atoms with Crippen molar-refractivity contribution in [2.75, 3.05) is 13.1 Å². The average Bonchev–Trinajstić information content (AvgIpc) is 2.51. The van der Waals surface area contributed by atoms with E-state index in [0.29, 0.717) is 12.0 Å². The van der Waals surface area contributed by atoms with Crippen LogP contribution < -0.4 is 5.73 Å². The van der Waals surface area contributed by atoms with E-state index >= 15 is 0 Å². The number of hydrogen-bond donors (Lipinski definition) is 1. The first-order valence-corrected chi connectivity index (χ1v) is 8.28. The van der Waals surface area contributed by atoms with Crippen LogP contribution in [0.15, 0.2) is 30.3 Å². The predicted molar refractivity (Wildman–Crippen MR) is 84.8 cm³/mol. The number of hydrogen-bond acceptors (Lipinski definition) is 2. The fourth-order valence-electron chi connectivity index (χ4n) is 3.96. The summed E-state index contributed by atoms with van der Waals surface area (Å²) >= 11 is 0. The number of nitrogens with two attached hydrogens (primary N) is 1. The van der Waals surface area contributed by atoms with E-state index in [0.717, 1.165) is 18.5 Å². The van der Waals surface area contributed by atoms with Crippen LogP contribution in [0.2, 0.25) is 0 Å². The van der Waals surface area contributed by atoms with E-state index in [1.807, 2.05) is 0 Å². The molecule has 0 aromatic heterocycles. The first-order chi connectivity index (χ1) is 9.74. The van der Waals surface area contributed by atoms with Crippen molar-refractivity contribution in [3.8, 4) is 0 Å². The first-order valence-electron chi connectivity index (χ1n) is 8.28. The zero-order valence-electron chi connectivity index (χ0n) is 12.7. The smallest absolute Gasteiger partial charge is 0.0194 e. The first kappa shape index (κ1) is 14.1. The molecule has 2 fully saturated rings. The van der Waals surface area contributed by atoms with E-state index in [9.17, 15) is 0 Å². The van der Waals surface area contributed by atoms with Gasteiger partial charge in [0.05, 0.1) is 0 Å². The maximum Gasteiger partial charge on any atom is 0.0194 e. The monoisotopic (exact) mass is 272 g/mol. The van der Waals surface area contributed by atoms with E-state index in [1.165, 1.54) is 44.2 Å². The Bertz CT molecular complexity index is 409. The maximum absolute atomic E-state index is 6.25. The van der Waals surface area contributed by atoms with E-state index in [1.54, 1.807) is 0 Å². The van der Waals surface area contributed by atoms with Crippen LogP contribution in [0.3, 0.4) is 0 Å². The molecule has 1 saturated carbocycles. The van der Waals surface area contributed by atoms with E-state index in [2.05, 4.69) is 42.2 Å². The van der Waals surface area contributed by atoms with Crippen molar-refractivity contribution in [1.29, 1.82) is 0 Å². The second-order valence-corrected chi connectivity index (χ2v) is 6.84. The lowest BCUT2D eigenvalue weighted by molar-refractivity contribution is 0.0932. The SMILES string of the molecule is CC1CCN(C2CCC(c3ccccc3)CC2)CC1N. The van der Waals surface area contributed by atoms with Crippen molar-refractivity contribution in [2.24, 2.45) is 11.7 Å². The highest BCUT2D eigenvalue weighted by Gasteiger charge is 2.31. The fourth-order valence-corrected chi connectivity index (χ4v) is 3.96. The van der Waals surface area contributed by atoms with Gasteiger partial charge >= 0.3 is 0 Å². The van der Waals surface area contributed by atoms with Gasteiger partial charge in [0.1, 0.15) is 0 Å². The molecule has 0 spiro atoms. The molecule has 1 heterocycles. The summed E-state index contributed by atoms with van der Waals surface area (Å²) < 4.78 is 0. The molecule has 1 saturated heterocycles. The third-order valence-corrected chi connectivity index (χ3v) is 5.53. The van der Waals surface area contributed by atoms with Gasteiger partial charge in [-0.25, -0.2) is 0 Å². The van der Waals surface area contributed by atoms with Crippen LogP contribution in [0.5, 0.6) is 0 Å². The lowest BCUT2D eigenvalue weighted by Crippen LogP contribution is -2.51. The third kappa shape index (κ3) is 3.07. The Balaban J connectivity index is 1.54. The molecule has 1 aromatic rings. The van der Waals surface area contributed by atoms with Crippen LogP contribution in [0.1, 0.15) is 50.5 Å². The minimum Gasteiger partial charge on any atom is -0.326 e. The van der Waals surface area contributed by atoms with E-state index in [4.69, 9.17) is 5.73 Å². The highest BCUT2D eigenvalue weighted by atomic mass is 15.2. The van der Waals surface area contributed by atoms with Crippen LogP contribution in [-0.4, -0.2) is 30.1 Å². The summed E-state index contributed by atoms with van der Waals surface area (Å²) in [7, 11) is 0. The van der Waals surface area contributed by atoms with E-state index in [-0.39, 0.29) is 0 Å². The van der Waals surface area contributed by atoms with Crippen LogP contribution >= 0.6 is 0 Å². The zero-order chi connectivity index (χ0) is 13.9. The molecule has 2 atom stereocenters. The second kappa shape index (κ2) is 6.28. The van der Waals surface area contributed by atoms with Gasteiger partial charge in [-0.2, -0.15) is 0 Å². The molecule has 2 N–H and O–H groups in total. The summed E-state index contributed by atoms with van der Waals surface area (Å²) in [6, 6.07) is 12.2. The van der Waals surface area contributed by atoms with Gasteiger partial charge in [-0.1, -0.05) is 37.3 Å². The number of piperidine rings is 1. The molecule has 20 heavy (non-hydrogen) atoms. The largest absolute Gasteiger partial charge is 0.326 e. The zero-order valence-corrected chi connectivity index (χ0v) is 12.7. The molecule has 2 nitrogen and oxygen atoms in total. The van der Waals surface area contributed by atoms with E-state index < -0.39 is 0 Å². The van der Waals surface area contributed by atoms with Gasteiger partial charge in [-0.3, -0.25) is 4.90 Å². The maximum atomic E-state index is 6.25. The minimum atomic E-state index is 0.385. The summed E-state index contributed by atoms with van der Waals surface area (Å²) in [6.07, 6.45) is 6.66. The van der Waals surface area contributed by atoms with Crippen LogP contribution in [0, 0.1) is 5.92 Å². The third-order valence-electron chi connectivity index (χ3n) is 5.53. The van der Waals surface area contributed by atoms with Crippen LogP contribution in [0.4, 0.5) is 0 Å². The Morgan fingerprint density at radius 2 is 1.70 bits per heavy atom. The number of rotatable bonds is 2. The molecule has 1 aliphatic carbocycles. The molecule has 110 valence electrons. The lowest BCUT2D eigenvalue weighted by Gasteiger charge is -2.42. The van der Waals surface area contributed by atoms with Gasteiger partial charge in [0, 0.05) is 18.6 Å². The molecule has 2 aliphatic rings. The summed E-state index contributed by atoms with van der Waals surface area (Å²) in [5, 5.41) is 0. The molecule has 2 unspecified atom stereocenters. The second-order valence-electron chi connectivity index (χ2n) is 6.84. The highest BCUT2D eigenvalue weighted by Crippen LogP contribution is 2.35. The summed E-state index contributed by atoms with van der Waals surface area (Å²) in [6.45, 7) is 4.67. The van der Waals surface area contributed by atoms with Gasteiger partial charge in [0.25, 0.3) is 0 Å². The standard InChI is InChI=1S/C18H28N2/c1-14-11-12-20(13-18(14)19)17-9-7-16(8-10-17)15-5-3-2-4-6-15/h2-6,14,16-18H,7-13,19H2,1H3. The molecule has 2 heteroatoms. The molecule has 0 radical (unpaired) electrons. The van der Waals surface area contributed by atoms with Crippen molar-refractivity contribution >= 4 is 0 Å². The molecule has 1 aliphatic heterocycles. The van der Waals surface area contributed by atoms with Crippen LogP contribution in [-0.2, 0) is 0 Å². The van der Waals surface area contributed by atoms with Crippen molar-refractivity contribution in [3.63, 3.8) is 0 Å². The Hall–Kier alpha value is -0.860. The van der Waals surface area contributed by atoms with Gasteiger partial charge in [-0.15, -0.1) is 0 Å². The molecule has 3 rings (SSSR count). The minimum absolute atomic E-state index is 0.385. The number of likely N-dealkylation sites (tertiary alicyclic amines) is 1. The molecule has 1 aromatic carbocycles. The number of benzene rings is 1.